The number of ether oxygens (including phenoxy) is 1. The van der Waals surface area contributed by atoms with Crippen molar-refractivity contribution in [2.75, 3.05) is 0 Å². The Morgan fingerprint density at radius 2 is 1.29 bits per heavy atom. The van der Waals surface area contributed by atoms with Crippen LogP contribution < -0.4 is 0 Å². The zero-order valence-corrected chi connectivity index (χ0v) is 30.3. The molecule has 51 heavy (non-hydrogen) atoms. The summed E-state index contributed by atoms with van der Waals surface area (Å²) in [4.78, 5) is 10.3. The first-order chi connectivity index (χ1) is 24.6. The lowest BCUT2D eigenvalue weighted by Crippen LogP contribution is -2.47. The summed E-state index contributed by atoms with van der Waals surface area (Å²) in [5, 5.41) is 4.81. The summed E-state index contributed by atoms with van der Waals surface area (Å²) in [6.45, 7) is 15.4. The molecule has 1 aliphatic rings. The maximum absolute atomic E-state index is 7.00. The highest BCUT2D eigenvalue weighted by Gasteiger charge is 2.55. The molecule has 5 heteroatoms. The summed E-state index contributed by atoms with van der Waals surface area (Å²) in [5.41, 5.74) is 11.2. The van der Waals surface area contributed by atoms with Crippen LogP contribution in [0.4, 0.5) is 0 Å². The predicted molar refractivity (Wildman–Crippen MR) is 212 cm³/mol. The summed E-state index contributed by atoms with van der Waals surface area (Å²) in [6.07, 6.45) is 1.89. The molecule has 252 valence electrons. The van der Waals surface area contributed by atoms with Gasteiger partial charge in [0.15, 0.2) is 5.60 Å². The molecule has 0 amide bonds. The van der Waals surface area contributed by atoms with E-state index in [1.807, 2.05) is 12.3 Å². The number of benzene rings is 5. The molecular formula is C46H42N4O. The molecule has 0 spiro atoms. The molecule has 1 aliphatic heterocycles. The van der Waals surface area contributed by atoms with Crippen molar-refractivity contribution in [2.45, 2.75) is 59.6 Å². The molecule has 4 heterocycles. The minimum atomic E-state index is -0.615. The standard InChI is InChI=1S/C46H42N4O/c1-28(2)45(6)46(7,33-12-9-8-10-13-33)51-44(48-45)32-22-31(5)23-35(26-32)49-40-19-15-29(3)24-38(40)36-18-17-34(27-42(36)49)50-41-20-16-30(4)25-39(41)37-14-11-21-47-43(37)50/h8-28H,1-7H3/t45-,46-/m1/s1. The molecule has 0 aliphatic carbocycles. The van der Waals surface area contributed by atoms with Gasteiger partial charge in [-0.05, 0) is 118 Å². The zero-order chi connectivity index (χ0) is 35.2. The Bertz CT molecular complexity index is 2710. The van der Waals surface area contributed by atoms with Gasteiger partial charge in [0, 0.05) is 44.7 Å². The molecule has 5 nitrogen and oxygen atoms in total. The van der Waals surface area contributed by atoms with E-state index in [1.54, 1.807) is 0 Å². The van der Waals surface area contributed by atoms with Crippen molar-refractivity contribution in [3.63, 3.8) is 0 Å². The van der Waals surface area contributed by atoms with Gasteiger partial charge in [-0.15, -0.1) is 0 Å². The fourth-order valence-electron chi connectivity index (χ4n) is 8.33. The highest BCUT2D eigenvalue weighted by Crippen LogP contribution is 2.49. The van der Waals surface area contributed by atoms with Crippen LogP contribution in [0.3, 0.4) is 0 Å². The summed E-state index contributed by atoms with van der Waals surface area (Å²) in [5.74, 6) is 0.939. The molecule has 0 radical (unpaired) electrons. The molecule has 5 aromatic carbocycles. The van der Waals surface area contributed by atoms with E-state index >= 15 is 0 Å². The summed E-state index contributed by atoms with van der Waals surface area (Å²) >= 11 is 0. The number of nitrogens with zero attached hydrogens (tertiary/aromatic N) is 4. The molecule has 3 aromatic heterocycles. The van der Waals surface area contributed by atoms with E-state index in [4.69, 9.17) is 14.7 Å². The van der Waals surface area contributed by atoms with Gasteiger partial charge in [0.2, 0.25) is 5.90 Å². The van der Waals surface area contributed by atoms with E-state index in [-0.39, 0.29) is 5.92 Å². The molecule has 0 unspecified atom stereocenters. The fraction of sp³-hybridized carbons (Fsp3) is 0.217. The maximum Gasteiger partial charge on any atom is 0.217 e. The minimum Gasteiger partial charge on any atom is -0.464 e. The third-order valence-corrected chi connectivity index (χ3v) is 11.5. The number of aliphatic imine (C=N–C) groups is 1. The van der Waals surface area contributed by atoms with Crippen molar-refractivity contribution >= 4 is 49.6 Å². The lowest BCUT2D eigenvalue weighted by molar-refractivity contribution is 0.00858. The number of aromatic nitrogens is 3. The topological polar surface area (TPSA) is 44.3 Å². The Morgan fingerprint density at radius 3 is 2.02 bits per heavy atom. The Labute approximate surface area is 298 Å². The summed E-state index contributed by atoms with van der Waals surface area (Å²) < 4.78 is 11.7. The third kappa shape index (κ3) is 4.60. The van der Waals surface area contributed by atoms with Crippen molar-refractivity contribution in [1.29, 1.82) is 0 Å². The lowest BCUT2D eigenvalue weighted by Gasteiger charge is -2.40. The van der Waals surface area contributed by atoms with E-state index in [0.717, 1.165) is 55.6 Å². The molecule has 0 saturated heterocycles. The molecule has 0 fully saturated rings. The molecule has 0 N–H and O–H groups in total. The molecule has 0 bridgehead atoms. The molecule has 2 atom stereocenters. The molecule has 0 saturated carbocycles. The second-order valence-electron chi connectivity index (χ2n) is 15.1. The van der Waals surface area contributed by atoms with Crippen LogP contribution >= 0.6 is 0 Å². The first-order valence-electron chi connectivity index (χ1n) is 17.9. The van der Waals surface area contributed by atoms with Gasteiger partial charge in [0.1, 0.15) is 11.2 Å². The second-order valence-corrected chi connectivity index (χ2v) is 15.1. The van der Waals surface area contributed by atoms with Crippen LogP contribution in [-0.4, -0.2) is 25.6 Å². The Kier molecular flexibility index (Phi) is 6.85. The second kappa shape index (κ2) is 11.2. The van der Waals surface area contributed by atoms with Crippen molar-refractivity contribution in [3.8, 4) is 11.4 Å². The minimum absolute atomic E-state index is 0.253. The van der Waals surface area contributed by atoms with Gasteiger partial charge in [-0.1, -0.05) is 73.5 Å². The number of rotatable bonds is 5. The van der Waals surface area contributed by atoms with Crippen LogP contribution in [-0.2, 0) is 10.3 Å². The summed E-state index contributed by atoms with van der Waals surface area (Å²) in [6, 6.07) is 41.7. The summed E-state index contributed by atoms with van der Waals surface area (Å²) in [7, 11) is 0. The average molecular weight is 667 g/mol. The Balaban J connectivity index is 1.27. The van der Waals surface area contributed by atoms with Gasteiger partial charge >= 0.3 is 0 Å². The highest BCUT2D eigenvalue weighted by atomic mass is 16.5. The quantitative estimate of drug-likeness (QED) is 0.183. The molecular weight excluding hydrogens is 625 g/mol. The van der Waals surface area contributed by atoms with Gasteiger partial charge in [0.25, 0.3) is 0 Å². The van der Waals surface area contributed by atoms with E-state index < -0.39 is 11.1 Å². The number of pyridine rings is 1. The SMILES string of the molecule is Cc1cc(C2=N[C@](C)(C(C)C)[C@@](C)(c3ccccc3)O2)cc(-n2c3ccc(C)cc3c3ccc(-n4c5ccc(C)cc5c5cccnc54)cc32)c1. The van der Waals surface area contributed by atoms with Gasteiger partial charge in [-0.25, -0.2) is 9.98 Å². The lowest BCUT2D eigenvalue weighted by atomic mass is 9.72. The van der Waals surface area contributed by atoms with Crippen molar-refractivity contribution in [3.05, 3.63) is 149 Å². The average Bonchev–Trinajstić information content (AvgIpc) is 3.73. The zero-order valence-electron chi connectivity index (χ0n) is 30.3. The van der Waals surface area contributed by atoms with Crippen LogP contribution in [0.15, 0.2) is 126 Å². The van der Waals surface area contributed by atoms with Gasteiger partial charge in [-0.3, -0.25) is 4.57 Å². The van der Waals surface area contributed by atoms with E-state index in [2.05, 4.69) is 167 Å². The Hall–Kier alpha value is -5.68. The van der Waals surface area contributed by atoms with Crippen LogP contribution in [0, 0.1) is 26.7 Å². The number of hydrogen-bond donors (Lipinski definition) is 0. The molecule has 8 aromatic rings. The largest absolute Gasteiger partial charge is 0.464 e. The van der Waals surface area contributed by atoms with Crippen molar-refractivity contribution < 1.29 is 4.74 Å². The van der Waals surface area contributed by atoms with E-state index in [9.17, 15) is 0 Å². The third-order valence-electron chi connectivity index (χ3n) is 11.5. The van der Waals surface area contributed by atoms with Crippen molar-refractivity contribution in [2.24, 2.45) is 10.9 Å². The highest BCUT2D eigenvalue weighted by molar-refractivity contribution is 6.12. The van der Waals surface area contributed by atoms with Crippen LogP contribution in [0.2, 0.25) is 0 Å². The fourth-order valence-corrected chi connectivity index (χ4v) is 8.33. The Morgan fingerprint density at radius 1 is 0.588 bits per heavy atom. The normalized spacial score (nSPS) is 19.1. The van der Waals surface area contributed by atoms with Crippen LogP contribution in [0.1, 0.15) is 55.5 Å². The first-order valence-corrected chi connectivity index (χ1v) is 17.9. The predicted octanol–water partition coefficient (Wildman–Crippen LogP) is 11.3. The number of fused-ring (bicyclic) bond motifs is 6. The number of aryl methyl sites for hydroxylation is 3. The molecule has 9 rings (SSSR count). The van der Waals surface area contributed by atoms with Crippen LogP contribution in [0.25, 0.3) is 55.1 Å². The van der Waals surface area contributed by atoms with Gasteiger partial charge in [-0.2, -0.15) is 0 Å². The van der Waals surface area contributed by atoms with Crippen LogP contribution in [0.5, 0.6) is 0 Å². The smallest absolute Gasteiger partial charge is 0.217 e. The van der Waals surface area contributed by atoms with E-state index in [0.29, 0.717) is 5.90 Å². The monoisotopic (exact) mass is 666 g/mol. The number of hydrogen-bond acceptors (Lipinski definition) is 3. The van der Waals surface area contributed by atoms with Crippen molar-refractivity contribution in [1.82, 2.24) is 14.1 Å². The maximum atomic E-state index is 7.00. The first kappa shape index (κ1) is 31.3. The van der Waals surface area contributed by atoms with Gasteiger partial charge < -0.3 is 9.30 Å². The van der Waals surface area contributed by atoms with E-state index in [1.165, 1.54) is 27.3 Å². The van der Waals surface area contributed by atoms with Gasteiger partial charge in [0.05, 0.1) is 16.6 Å².